The second kappa shape index (κ2) is 6.24. The normalized spacial score (nSPS) is 12.3. The van der Waals surface area contributed by atoms with E-state index in [4.69, 9.17) is 0 Å². The summed E-state index contributed by atoms with van der Waals surface area (Å²) in [4.78, 5) is 4.40. The lowest BCUT2D eigenvalue weighted by Gasteiger charge is -2.20. The van der Waals surface area contributed by atoms with Crippen LogP contribution in [-0.4, -0.2) is 16.1 Å². The van der Waals surface area contributed by atoms with Gasteiger partial charge >= 0.3 is 0 Å². The summed E-state index contributed by atoms with van der Waals surface area (Å²) in [7, 11) is 0. The average Bonchev–Trinajstić information content (AvgIpc) is 2.87. The average molecular weight is 243 g/mol. The molecule has 1 unspecified atom stereocenters. The fourth-order valence-electron chi connectivity index (χ4n) is 2.21. The lowest BCUT2D eigenvalue weighted by molar-refractivity contribution is 0.570. The van der Waals surface area contributed by atoms with Gasteiger partial charge in [-0.25, -0.2) is 4.98 Å². The summed E-state index contributed by atoms with van der Waals surface area (Å²) in [5.74, 6) is 0.965. The van der Waals surface area contributed by atoms with Crippen LogP contribution in [0.5, 0.6) is 0 Å². The largest absolute Gasteiger partial charge is 0.356 e. The first-order valence-corrected chi connectivity index (χ1v) is 6.68. The summed E-state index contributed by atoms with van der Waals surface area (Å²) in [5, 5.41) is 3.38. The first-order chi connectivity index (χ1) is 8.86. The van der Waals surface area contributed by atoms with Gasteiger partial charge in [0.25, 0.3) is 0 Å². The molecule has 1 heterocycles. The van der Waals surface area contributed by atoms with Crippen molar-refractivity contribution in [2.24, 2.45) is 0 Å². The second-order valence-electron chi connectivity index (χ2n) is 4.42. The van der Waals surface area contributed by atoms with Crippen molar-refractivity contribution >= 4 is 5.95 Å². The Morgan fingerprint density at radius 1 is 1.22 bits per heavy atom. The molecule has 0 fully saturated rings. The summed E-state index contributed by atoms with van der Waals surface area (Å²) >= 11 is 0. The van der Waals surface area contributed by atoms with Gasteiger partial charge in [-0.3, -0.25) is 0 Å². The lowest BCUT2D eigenvalue weighted by atomic mass is 10.0. The molecule has 0 amide bonds. The highest BCUT2D eigenvalue weighted by Gasteiger charge is 2.14. The van der Waals surface area contributed by atoms with Crippen LogP contribution in [0.3, 0.4) is 0 Å². The minimum absolute atomic E-state index is 0.355. The third kappa shape index (κ3) is 2.73. The van der Waals surface area contributed by atoms with Crippen LogP contribution in [0.25, 0.3) is 0 Å². The van der Waals surface area contributed by atoms with Gasteiger partial charge in [-0.1, -0.05) is 44.2 Å². The van der Waals surface area contributed by atoms with Crippen molar-refractivity contribution in [3.8, 4) is 0 Å². The van der Waals surface area contributed by atoms with Gasteiger partial charge in [0, 0.05) is 18.9 Å². The molecule has 1 atom stereocenters. The van der Waals surface area contributed by atoms with Gasteiger partial charge in [0.2, 0.25) is 5.95 Å². The minimum Gasteiger partial charge on any atom is -0.356 e. The number of nitrogens with one attached hydrogen (secondary N) is 1. The molecule has 0 aliphatic carbocycles. The van der Waals surface area contributed by atoms with Crippen molar-refractivity contribution in [1.29, 1.82) is 0 Å². The molecule has 1 aromatic carbocycles. The Balaban J connectivity index is 2.25. The molecular weight excluding hydrogens is 222 g/mol. The zero-order valence-electron chi connectivity index (χ0n) is 11.1. The zero-order chi connectivity index (χ0) is 12.8. The van der Waals surface area contributed by atoms with Crippen LogP contribution in [0.1, 0.15) is 38.3 Å². The van der Waals surface area contributed by atoms with E-state index in [0.717, 1.165) is 25.3 Å². The van der Waals surface area contributed by atoms with Gasteiger partial charge in [0.15, 0.2) is 0 Å². The summed E-state index contributed by atoms with van der Waals surface area (Å²) in [6.07, 6.45) is 6.08. The van der Waals surface area contributed by atoms with E-state index >= 15 is 0 Å². The van der Waals surface area contributed by atoms with Crippen molar-refractivity contribution in [3.05, 3.63) is 48.3 Å². The summed E-state index contributed by atoms with van der Waals surface area (Å²) in [6.45, 7) is 5.33. The van der Waals surface area contributed by atoms with Gasteiger partial charge in [-0.05, 0) is 18.4 Å². The third-order valence-corrected chi connectivity index (χ3v) is 3.11. The summed E-state index contributed by atoms with van der Waals surface area (Å²) in [5.41, 5.74) is 1.33. The number of anilines is 1. The molecule has 2 aromatic rings. The van der Waals surface area contributed by atoms with E-state index in [2.05, 4.69) is 65.2 Å². The fraction of sp³-hybridized carbons (Fsp3) is 0.400. The van der Waals surface area contributed by atoms with Crippen LogP contribution in [-0.2, 0) is 0 Å². The first-order valence-electron chi connectivity index (χ1n) is 6.68. The van der Waals surface area contributed by atoms with Crippen molar-refractivity contribution in [2.75, 3.05) is 11.9 Å². The minimum atomic E-state index is 0.355. The van der Waals surface area contributed by atoms with E-state index < -0.39 is 0 Å². The van der Waals surface area contributed by atoms with E-state index in [9.17, 15) is 0 Å². The van der Waals surface area contributed by atoms with Crippen LogP contribution in [0.2, 0.25) is 0 Å². The van der Waals surface area contributed by atoms with Gasteiger partial charge in [-0.15, -0.1) is 0 Å². The van der Waals surface area contributed by atoms with Gasteiger partial charge in [0.1, 0.15) is 0 Å². The molecule has 0 radical (unpaired) electrons. The van der Waals surface area contributed by atoms with Crippen LogP contribution in [0.15, 0.2) is 42.7 Å². The third-order valence-electron chi connectivity index (χ3n) is 3.11. The molecule has 1 N–H and O–H groups in total. The van der Waals surface area contributed by atoms with Crippen molar-refractivity contribution < 1.29 is 0 Å². The molecule has 18 heavy (non-hydrogen) atoms. The van der Waals surface area contributed by atoms with Crippen molar-refractivity contribution in [1.82, 2.24) is 9.55 Å². The number of hydrogen-bond acceptors (Lipinski definition) is 2. The smallest absolute Gasteiger partial charge is 0.203 e. The molecule has 1 aromatic heterocycles. The summed E-state index contributed by atoms with van der Waals surface area (Å²) < 4.78 is 2.23. The molecule has 0 saturated heterocycles. The van der Waals surface area contributed by atoms with Gasteiger partial charge in [0.05, 0.1) is 6.04 Å². The molecule has 0 aliphatic rings. The molecule has 3 nitrogen and oxygen atoms in total. The quantitative estimate of drug-likeness (QED) is 0.838. The Labute approximate surface area is 109 Å². The maximum atomic E-state index is 4.40. The van der Waals surface area contributed by atoms with Gasteiger partial charge in [-0.2, -0.15) is 0 Å². The lowest BCUT2D eigenvalue weighted by Crippen LogP contribution is -2.14. The van der Waals surface area contributed by atoms with Crippen LogP contribution in [0.4, 0.5) is 5.95 Å². The molecule has 96 valence electrons. The number of nitrogens with zero attached hydrogens (tertiary/aromatic N) is 2. The van der Waals surface area contributed by atoms with Gasteiger partial charge < -0.3 is 9.88 Å². The predicted molar refractivity (Wildman–Crippen MR) is 75.9 cm³/mol. The van der Waals surface area contributed by atoms with E-state index in [0.29, 0.717) is 6.04 Å². The molecular formula is C15H21N3. The summed E-state index contributed by atoms with van der Waals surface area (Å²) in [6, 6.07) is 10.9. The predicted octanol–water partition coefficient (Wildman–Crippen LogP) is 3.70. The zero-order valence-corrected chi connectivity index (χ0v) is 11.1. The van der Waals surface area contributed by atoms with E-state index in [-0.39, 0.29) is 0 Å². The number of benzene rings is 1. The number of hydrogen-bond donors (Lipinski definition) is 1. The van der Waals surface area contributed by atoms with E-state index in [1.54, 1.807) is 0 Å². The van der Waals surface area contributed by atoms with E-state index in [1.165, 1.54) is 5.56 Å². The van der Waals surface area contributed by atoms with E-state index in [1.807, 2.05) is 6.20 Å². The monoisotopic (exact) mass is 243 g/mol. The maximum Gasteiger partial charge on any atom is 0.203 e. The SMILES string of the molecule is CCCNc1nccn1C(CC)c1ccccc1. The Morgan fingerprint density at radius 2 is 2.00 bits per heavy atom. The Kier molecular flexibility index (Phi) is 4.40. The highest BCUT2D eigenvalue weighted by atomic mass is 15.2. The van der Waals surface area contributed by atoms with Crippen molar-refractivity contribution in [2.45, 2.75) is 32.7 Å². The first kappa shape index (κ1) is 12.7. The Morgan fingerprint density at radius 3 is 2.67 bits per heavy atom. The molecule has 0 bridgehead atoms. The van der Waals surface area contributed by atoms with Crippen molar-refractivity contribution in [3.63, 3.8) is 0 Å². The highest BCUT2D eigenvalue weighted by Crippen LogP contribution is 2.24. The number of rotatable bonds is 6. The number of aromatic nitrogens is 2. The standard InChI is InChI=1S/C15H21N3/c1-3-10-16-15-17-11-12-18(15)14(4-2)13-8-6-5-7-9-13/h5-9,11-12,14H,3-4,10H2,1-2H3,(H,16,17). The Hall–Kier alpha value is -1.77. The van der Waals surface area contributed by atoms with Crippen LogP contribution >= 0.6 is 0 Å². The molecule has 0 aliphatic heterocycles. The molecule has 0 spiro atoms. The Bertz CT molecular complexity index is 462. The molecule has 3 heteroatoms. The molecule has 0 saturated carbocycles. The number of imidazole rings is 1. The van der Waals surface area contributed by atoms with Crippen LogP contribution in [0, 0.1) is 0 Å². The molecule has 2 rings (SSSR count). The highest BCUT2D eigenvalue weighted by molar-refractivity contribution is 5.30. The topological polar surface area (TPSA) is 29.9 Å². The maximum absolute atomic E-state index is 4.40. The van der Waals surface area contributed by atoms with Crippen LogP contribution < -0.4 is 5.32 Å². The fourth-order valence-corrected chi connectivity index (χ4v) is 2.21. The second-order valence-corrected chi connectivity index (χ2v) is 4.42.